The number of unbranched alkanes of at least 4 members (excludes halogenated alkanes) is 4. The van der Waals surface area contributed by atoms with Crippen LogP contribution in [0.15, 0.2) is 24.3 Å². The van der Waals surface area contributed by atoms with Crippen molar-refractivity contribution in [1.29, 1.82) is 0 Å². The van der Waals surface area contributed by atoms with Crippen LogP contribution in [-0.4, -0.2) is 13.1 Å². The number of hydrogen-bond donors (Lipinski definition) is 0. The quantitative estimate of drug-likeness (QED) is 0.655. The van der Waals surface area contributed by atoms with Gasteiger partial charge in [-0.1, -0.05) is 50.8 Å². The van der Waals surface area contributed by atoms with Crippen LogP contribution in [0.25, 0.3) is 0 Å². The zero-order valence-electron chi connectivity index (χ0n) is 11.1. The van der Waals surface area contributed by atoms with E-state index in [1.54, 1.807) is 5.56 Å². The first-order valence-corrected chi connectivity index (χ1v) is 7.24. The maximum absolute atomic E-state index is 2.59. The van der Waals surface area contributed by atoms with Gasteiger partial charge in [-0.25, -0.2) is 0 Å². The highest BCUT2D eigenvalue weighted by Gasteiger charge is 2.14. The number of para-hydroxylation sites is 1. The van der Waals surface area contributed by atoms with Gasteiger partial charge < -0.3 is 4.90 Å². The van der Waals surface area contributed by atoms with E-state index >= 15 is 0 Å². The average molecular weight is 231 g/mol. The molecule has 0 amide bonds. The van der Waals surface area contributed by atoms with Crippen LogP contribution in [-0.2, 0) is 6.42 Å². The first-order valence-electron chi connectivity index (χ1n) is 7.24. The molecule has 1 heteroatoms. The molecule has 0 saturated carbocycles. The minimum absolute atomic E-state index is 1.25. The third-order valence-corrected chi connectivity index (χ3v) is 3.74. The zero-order valence-corrected chi connectivity index (χ0v) is 11.1. The summed E-state index contributed by atoms with van der Waals surface area (Å²) in [6, 6.07) is 8.93. The van der Waals surface area contributed by atoms with Crippen molar-refractivity contribution in [3.05, 3.63) is 29.8 Å². The summed E-state index contributed by atoms with van der Waals surface area (Å²) >= 11 is 0. The number of nitrogens with zero attached hydrogens (tertiary/aromatic N) is 1. The Hall–Kier alpha value is -0.980. The number of hydrogen-bond acceptors (Lipinski definition) is 1. The average Bonchev–Trinajstić information content (AvgIpc) is 2.39. The number of aryl methyl sites for hydroxylation is 1. The van der Waals surface area contributed by atoms with E-state index in [2.05, 4.69) is 36.1 Å². The summed E-state index contributed by atoms with van der Waals surface area (Å²) in [5.74, 6) is 0. The molecular formula is C16H25N. The van der Waals surface area contributed by atoms with E-state index in [9.17, 15) is 0 Å². The Balaban J connectivity index is 1.82. The fourth-order valence-electron chi connectivity index (χ4n) is 2.75. The van der Waals surface area contributed by atoms with Gasteiger partial charge in [0.2, 0.25) is 0 Å². The van der Waals surface area contributed by atoms with Crippen LogP contribution in [0.2, 0.25) is 0 Å². The predicted octanol–water partition coefficient (Wildman–Crippen LogP) is 4.41. The van der Waals surface area contributed by atoms with E-state index < -0.39 is 0 Å². The van der Waals surface area contributed by atoms with E-state index in [-0.39, 0.29) is 0 Å². The molecule has 0 fully saturated rings. The number of fused-ring (bicyclic) bond motifs is 1. The molecule has 0 N–H and O–H groups in total. The van der Waals surface area contributed by atoms with Crippen molar-refractivity contribution in [3.63, 3.8) is 0 Å². The van der Waals surface area contributed by atoms with Gasteiger partial charge in [0.15, 0.2) is 0 Å². The first-order chi connectivity index (χ1) is 8.42. The Bertz CT molecular complexity index is 332. The van der Waals surface area contributed by atoms with Gasteiger partial charge in [0, 0.05) is 18.8 Å². The summed E-state index contributed by atoms with van der Waals surface area (Å²) in [5, 5.41) is 0. The first kappa shape index (κ1) is 12.5. The second-order valence-electron chi connectivity index (χ2n) is 5.13. The van der Waals surface area contributed by atoms with Crippen LogP contribution in [0, 0.1) is 0 Å². The summed E-state index contributed by atoms with van der Waals surface area (Å²) in [6.07, 6.45) is 9.49. The Kier molecular flexibility index (Phi) is 4.90. The van der Waals surface area contributed by atoms with Crippen molar-refractivity contribution in [3.8, 4) is 0 Å². The van der Waals surface area contributed by atoms with Crippen LogP contribution >= 0.6 is 0 Å². The fraction of sp³-hybridized carbons (Fsp3) is 0.625. The summed E-state index contributed by atoms with van der Waals surface area (Å²) in [7, 11) is 0. The van der Waals surface area contributed by atoms with Gasteiger partial charge in [-0.15, -0.1) is 0 Å². The third kappa shape index (κ3) is 3.49. The Morgan fingerprint density at radius 2 is 1.88 bits per heavy atom. The van der Waals surface area contributed by atoms with E-state index in [1.165, 1.54) is 63.7 Å². The van der Waals surface area contributed by atoms with Crippen molar-refractivity contribution >= 4 is 5.69 Å². The molecule has 1 nitrogen and oxygen atoms in total. The highest BCUT2D eigenvalue weighted by molar-refractivity contribution is 5.55. The molecule has 0 aromatic heterocycles. The smallest absolute Gasteiger partial charge is 0.0398 e. The molecular weight excluding hydrogens is 206 g/mol. The van der Waals surface area contributed by atoms with Gasteiger partial charge >= 0.3 is 0 Å². The molecule has 0 spiro atoms. The lowest BCUT2D eigenvalue weighted by Crippen LogP contribution is -2.30. The highest BCUT2D eigenvalue weighted by Crippen LogP contribution is 2.26. The molecule has 1 aromatic carbocycles. The predicted molar refractivity (Wildman–Crippen MR) is 75.7 cm³/mol. The van der Waals surface area contributed by atoms with Gasteiger partial charge in [0.1, 0.15) is 0 Å². The second kappa shape index (κ2) is 6.68. The molecule has 0 radical (unpaired) electrons. The number of benzene rings is 1. The topological polar surface area (TPSA) is 3.24 Å². The second-order valence-corrected chi connectivity index (χ2v) is 5.13. The number of rotatable bonds is 6. The van der Waals surface area contributed by atoms with Crippen molar-refractivity contribution in [2.24, 2.45) is 0 Å². The summed E-state index contributed by atoms with van der Waals surface area (Å²) < 4.78 is 0. The maximum Gasteiger partial charge on any atom is 0.0398 e. The van der Waals surface area contributed by atoms with E-state index in [0.29, 0.717) is 0 Å². The van der Waals surface area contributed by atoms with Crippen molar-refractivity contribution in [2.75, 3.05) is 18.0 Å². The molecule has 94 valence electrons. The van der Waals surface area contributed by atoms with Gasteiger partial charge in [-0.3, -0.25) is 0 Å². The summed E-state index contributed by atoms with van der Waals surface area (Å²) in [6.45, 7) is 4.78. The van der Waals surface area contributed by atoms with Crippen LogP contribution < -0.4 is 4.90 Å². The minimum Gasteiger partial charge on any atom is -0.371 e. The molecule has 0 aliphatic carbocycles. The molecule has 2 rings (SSSR count). The molecule has 1 aliphatic heterocycles. The minimum atomic E-state index is 1.25. The van der Waals surface area contributed by atoms with Gasteiger partial charge in [0.25, 0.3) is 0 Å². The van der Waals surface area contributed by atoms with Crippen molar-refractivity contribution in [2.45, 2.75) is 51.9 Å². The van der Waals surface area contributed by atoms with Crippen molar-refractivity contribution < 1.29 is 0 Å². The lowest BCUT2D eigenvalue weighted by molar-refractivity contribution is 0.602. The Labute approximate surface area is 106 Å². The molecule has 17 heavy (non-hydrogen) atoms. The SMILES string of the molecule is CCCCCCCN1CCCc2ccccc21. The molecule has 0 saturated heterocycles. The summed E-state index contributed by atoms with van der Waals surface area (Å²) in [5.41, 5.74) is 3.04. The monoisotopic (exact) mass is 231 g/mol. The molecule has 0 unspecified atom stereocenters. The van der Waals surface area contributed by atoms with E-state index in [0.717, 1.165) is 0 Å². The molecule has 1 heterocycles. The highest BCUT2D eigenvalue weighted by atomic mass is 15.1. The van der Waals surface area contributed by atoms with Crippen LogP contribution in [0.3, 0.4) is 0 Å². The molecule has 1 aromatic rings. The Morgan fingerprint density at radius 1 is 1.06 bits per heavy atom. The van der Waals surface area contributed by atoms with Gasteiger partial charge in [-0.05, 0) is 30.9 Å². The summed E-state index contributed by atoms with van der Waals surface area (Å²) in [4.78, 5) is 2.59. The maximum atomic E-state index is 2.59. The largest absolute Gasteiger partial charge is 0.371 e. The standard InChI is InChI=1S/C16H25N/c1-2-3-4-5-8-13-17-14-9-11-15-10-6-7-12-16(15)17/h6-7,10,12H,2-5,8-9,11,13-14H2,1H3. The molecule has 0 bridgehead atoms. The lowest BCUT2D eigenvalue weighted by atomic mass is 10.0. The van der Waals surface area contributed by atoms with Crippen LogP contribution in [0.5, 0.6) is 0 Å². The fourth-order valence-corrected chi connectivity index (χ4v) is 2.75. The molecule has 1 aliphatic rings. The number of anilines is 1. The van der Waals surface area contributed by atoms with Crippen molar-refractivity contribution in [1.82, 2.24) is 0 Å². The third-order valence-electron chi connectivity index (χ3n) is 3.74. The van der Waals surface area contributed by atoms with Crippen LogP contribution in [0.1, 0.15) is 51.0 Å². The van der Waals surface area contributed by atoms with E-state index in [1.807, 2.05) is 0 Å². The van der Waals surface area contributed by atoms with Gasteiger partial charge in [-0.2, -0.15) is 0 Å². The molecule has 0 atom stereocenters. The van der Waals surface area contributed by atoms with E-state index in [4.69, 9.17) is 0 Å². The van der Waals surface area contributed by atoms with Gasteiger partial charge in [0.05, 0.1) is 0 Å². The zero-order chi connectivity index (χ0) is 11.9. The normalized spacial score (nSPS) is 14.8. The lowest BCUT2D eigenvalue weighted by Gasteiger charge is -2.31. The Morgan fingerprint density at radius 3 is 2.76 bits per heavy atom. The van der Waals surface area contributed by atoms with Crippen LogP contribution in [0.4, 0.5) is 5.69 Å².